The smallest absolute Gasteiger partial charge is 0.871 e. The van der Waals surface area contributed by atoms with Gasteiger partial charge in [-0.3, -0.25) is 9.11 Å². The first-order valence-corrected chi connectivity index (χ1v) is 24.3. The van der Waals surface area contributed by atoms with E-state index >= 15 is 0 Å². The number of hydrogen-bond acceptors (Lipinski definition) is 20. The fourth-order valence-electron chi connectivity index (χ4n) is 7.37. The number of carboxylic acids is 2. The van der Waals surface area contributed by atoms with Crippen molar-refractivity contribution in [3.05, 3.63) is 133 Å². The van der Waals surface area contributed by atoms with Gasteiger partial charge in [-0.2, -0.15) is 21.9 Å². The van der Waals surface area contributed by atoms with Crippen molar-refractivity contribution in [2.45, 2.75) is 9.79 Å². The van der Waals surface area contributed by atoms with Crippen LogP contribution >= 0.6 is 0 Å². The number of anilines is 4. The Hall–Kier alpha value is -4.09. The summed E-state index contributed by atoms with van der Waals surface area (Å²) in [6, 6.07) is 32.1. The summed E-state index contributed by atoms with van der Waals surface area (Å²) in [6.45, 7) is -2.02. The van der Waals surface area contributed by atoms with E-state index < -0.39 is 78.1 Å². The van der Waals surface area contributed by atoms with Gasteiger partial charge in [0.15, 0.2) is 0 Å². The zero-order valence-corrected chi connectivity index (χ0v) is 54.2. The summed E-state index contributed by atoms with van der Waals surface area (Å²) in [7, 11) is -7.05. The quantitative estimate of drug-likeness (QED) is 0.0334. The Bertz CT molecular complexity index is 3830. The molecule has 0 saturated carbocycles. The molecule has 0 bridgehead atoms. The molecule has 8 aromatic carbocycles. The summed E-state index contributed by atoms with van der Waals surface area (Å²) in [5, 5.41) is 72.5. The molecular formula is C50H36K2N6Na2O16S2. The second-order valence-electron chi connectivity index (χ2n) is 15.7. The summed E-state index contributed by atoms with van der Waals surface area (Å²) in [5.41, 5.74) is 0.853. The topological polar surface area (TPSA) is 346 Å². The predicted octanol–water partition coefficient (Wildman–Crippen LogP) is -5.09. The number of carbonyl (C=O) groups is 2. The molecule has 0 aromatic heterocycles. The van der Waals surface area contributed by atoms with E-state index in [1.165, 1.54) is 80.9 Å². The van der Waals surface area contributed by atoms with Gasteiger partial charge in [-0.15, -0.1) is 15.3 Å². The Morgan fingerprint density at radius 2 is 0.936 bits per heavy atom. The summed E-state index contributed by atoms with van der Waals surface area (Å²) in [5.74, 6) is -4.34. The molecule has 0 heterocycles. The number of aliphatic carboxylic acids is 2. The van der Waals surface area contributed by atoms with Crippen LogP contribution in [-0.2, 0) is 29.8 Å². The molecule has 0 unspecified atom stereocenters. The van der Waals surface area contributed by atoms with Gasteiger partial charge in [-0.25, -0.2) is 0 Å². The van der Waals surface area contributed by atoms with Gasteiger partial charge in [-0.05, 0) is 136 Å². The van der Waals surface area contributed by atoms with Gasteiger partial charge < -0.3 is 59.6 Å². The van der Waals surface area contributed by atoms with Crippen LogP contribution in [0.4, 0.5) is 45.5 Å². The van der Waals surface area contributed by atoms with E-state index in [0.29, 0.717) is 34.2 Å². The van der Waals surface area contributed by atoms with Gasteiger partial charge in [0.2, 0.25) is 0 Å². The SMILES string of the molecule is COc1ccc(Nc2ccc3c([O-])c(N=Nc4ccc(-c5ccc(N=Nc6cc(S(=O)(=O)O)c7cc(Nc8ccc(OC)cc8)ccc7c6[O-])c(OCC(=O)[O-])c5)cc4OCC(=O)[O-])c(S(=O)(=O)O)cc3c2)cc1.[K+].[K+].[Na+].[Na+]. The number of fused-ring (bicyclic) bond motifs is 2. The maximum Gasteiger partial charge on any atom is 1.00 e. The Morgan fingerprint density at radius 3 is 1.40 bits per heavy atom. The predicted molar refractivity (Wildman–Crippen MR) is 260 cm³/mol. The molecule has 0 aliphatic rings. The molecule has 378 valence electrons. The molecule has 8 rings (SSSR count). The number of ether oxygens (including phenoxy) is 4. The molecule has 8 aromatic rings. The van der Waals surface area contributed by atoms with Crippen LogP contribution < -0.4 is 212 Å². The maximum atomic E-state index is 13.8. The maximum absolute atomic E-state index is 13.8. The number of nitrogens with one attached hydrogen (secondary N) is 2. The third kappa shape index (κ3) is 16.5. The van der Waals surface area contributed by atoms with Gasteiger partial charge in [-0.1, -0.05) is 35.8 Å². The van der Waals surface area contributed by atoms with Crippen molar-refractivity contribution >= 4 is 99.2 Å². The van der Waals surface area contributed by atoms with Crippen LogP contribution in [0.25, 0.3) is 32.7 Å². The molecule has 78 heavy (non-hydrogen) atoms. The minimum absolute atomic E-state index is 0. The van der Waals surface area contributed by atoms with E-state index in [4.69, 9.17) is 18.9 Å². The Balaban J connectivity index is 0.00000328. The number of nitrogens with zero attached hydrogens (tertiary/aromatic N) is 4. The fraction of sp³-hybridized carbons (Fsp3) is 0.0800. The van der Waals surface area contributed by atoms with E-state index in [1.54, 1.807) is 54.6 Å². The van der Waals surface area contributed by atoms with Crippen molar-refractivity contribution in [1.29, 1.82) is 0 Å². The molecule has 0 saturated heterocycles. The Kier molecular flexibility index (Phi) is 24.7. The number of benzene rings is 8. The molecule has 0 radical (unpaired) electrons. The minimum Gasteiger partial charge on any atom is -0.871 e. The minimum atomic E-state index is -5.10. The van der Waals surface area contributed by atoms with Crippen LogP contribution in [-0.4, -0.2) is 65.3 Å². The largest absolute Gasteiger partial charge is 1.00 e. The third-order valence-electron chi connectivity index (χ3n) is 10.8. The number of hydrogen-bond donors (Lipinski definition) is 4. The summed E-state index contributed by atoms with van der Waals surface area (Å²) >= 11 is 0. The van der Waals surface area contributed by atoms with Crippen LogP contribution in [0.1, 0.15) is 0 Å². The molecule has 0 aliphatic carbocycles. The standard InChI is InChI=1S/C50H40N6O16S2.2K.2Na/c1-69-34-11-5-30(6-12-34)51-32-9-15-36-29(19-32)22-45(74(66,67)68)48(50(36)62)56-54-40-18-4-28(21-43(40)72-26-47(59)60)27-3-17-39(42(20-27)71-25-46(57)58)53-55-41-24-44(73(63,64)65)38-23-33(10-16-37(38)49(41)61)52-31-7-13-35(70-2)14-8-31;;;;/h3-24,51-52,61-62H,25-26H2,1-2H3,(H,57,58)(H,59,60)(H,63,64,65)(H,66,67,68);;;;/q;4*+1/p-4. The van der Waals surface area contributed by atoms with Crippen molar-refractivity contribution in [3.63, 3.8) is 0 Å². The van der Waals surface area contributed by atoms with E-state index in [1.807, 2.05) is 0 Å². The van der Waals surface area contributed by atoms with Crippen LogP contribution in [0.3, 0.4) is 0 Å². The van der Waals surface area contributed by atoms with Crippen molar-refractivity contribution in [3.8, 4) is 45.6 Å². The first-order valence-electron chi connectivity index (χ1n) is 21.4. The van der Waals surface area contributed by atoms with Gasteiger partial charge in [0, 0.05) is 28.1 Å². The van der Waals surface area contributed by atoms with E-state index in [0.717, 1.165) is 12.1 Å². The second-order valence-corrected chi connectivity index (χ2v) is 18.5. The molecule has 22 nitrogen and oxygen atoms in total. The zero-order valence-electron chi connectivity index (χ0n) is 42.3. The van der Waals surface area contributed by atoms with E-state index in [2.05, 4.69) is 31.1 Å². The third-order valence-corrected chi connectivity index (χ3v) is 12.6. The molecular weight excluding hydrogens is 1130 g/mol. The van der Waals surface area contributed by atoms with Crippen molar-refractivity contribution in [2.24, 2.45) is 20.5 Å². The fourth-order valence-corrected chi connectivity index (χ4v) is 8.74. The summed E-state index contributed by atoms with van der Waals surface area (Å²) < 4.78 is 92.3. The molecule has 0 amide bonds. The average molecular weight is 1170 g/mol. The van der Waals surface area contributed by atoms with Crippen molar-refractivity contribution in [1.82, 2.24) is 0 Å². The molecule has 0 spiro atoms. The van der Waals surface area contributed by atoms with Gasteiger partial charge in [0.25, 0.3) is 20.2 Å². The number of methoxy groups -OCH3 is 2. The normalized spacial score (nSPS) is 11.2. The number of carbonyl (C=O) groups excluding carboxylic acids is 2. The monoisotopic (exact) mass is 1160 g/mol. The molecule has 0 fully saturated rings. The first kappa shape index (κ1) is 66.4. The summed E-state index contributed by atoms with van der Waals surface area (Å²) in [6.07, 6.45) is 0. The molecule has 4 N–H and O–H groups in total. The van der Waals surface area contributed by atoms with Crippen LogP contribution in [0, 0.1) is 0 Å². The summed E-state index contributed by atoms with van der Waals surface area (Å²) in [4.78, 5) is 21.5. The molecule has 0 atom stereocenters. The van der Waals surface area contributed by atoms with Crippen molar-refractivity contribution < 1.29 is 237 Å². The van der Waals surface area contributed by atoms with Crippen LogP contribution in [0.2, 0.25) is 0 Å². The van der Waals surface area contributed by atoms with Gasteiger partial charge >= 0.3 is 162 Å². The van der Waals surface area contributed by atoms with E-state index in [-0.39, 0.29) is 217 Å². The van der Waals surface area contributed by atoms with Crippen molar-refractivity contribution in [2.75, 3.05) is 38.1 Å². The van der Waals surface area contributed by atoms with Gasteiger partial charge in [0.1, 0.15) is 57.4 Å². The number of carboxylic acid groups (broad SMARTS) is 2. The number of rotatable bonds is 19. The van der Waals surface area contributed by atoms with E-state index in [9.17, 15) is 56.0 Å². The molecule has 0 aliphatic heterocycles. The number of azo groups is 2. The average Bonchev–Trinajstić information content (AvgIpc) is 3.37. The zero-order chi connectivity index (χ0) is 52.9. The van der Waals surface area contributed by atoms with Crippen LogP contribution in [0.5, 0.6) is 34.5 Å². The Labute approximate surface area is 574 Å². The van der Waals surface area contributed by atoms with Crippen LogP contribution in [0.15, 0.2) is 164 Å². The Morgan fingerprint density at radius 1 is 0.500 bits per heavy atom. The second kappa shape index (κ2) is 29.1. The van der Waals surface area contributed by atoms with Gasteiger partial charge in [0.05, 0.1) is 37.5 Å². The molecule has 28 heteroatoms. The first-order chi connectivity index (χ1) is 35.3.